The fourth-order valence-electron chi connectivity index (χ4n) is 3.66. The summed E-state index contributed by atoms with van der Waals surface area (Å²) in [6, 6.07) is 10.0. The molecule has 0 radical (unpaired) electrons. The number of allylic oxidation sites excluding steroid dienone is 4. The summed E-state index contributed by atoms with van der Waals surface area (Å²) in [6.45, 7) is 14.8. The van der Waals surface area contributed by atoms with Crippen LogP contribution >= 0.6 is 0 Å². The van der Waals surface area contributed by atoms with E-state index in [0.29, 0.717) is 36.8 Å². The summed E-state index contributed by atoms with van der Waals surface area (Å²) in [5.41, 5.74) is 2.97. The highest BCUT2D eigenvalue weighted by molar-refractivity contribution is 7.87. The molecule has 190 valence electrons. The molecule has 0 saturated heterocycles. The summed E-state index contributed by atoms with van der Waals surface area (Å²) in [5.74, 6) is -2.02. The topological polar surface area (TPSA) is 107 Å². The Morgan fingerprint density at radius 1 is 0.778 bits per heavy atom. The van der Waals surface area contributed by atoms with E-state index < -0.39 is 33.7 Å². The van der Waals surface area contributed by atoms with Gasteiger partial charge in [-0.05, 0) is 48.9 Å². The minimum Gasteiger partial charge on any atom is -0.426 e. The molecule has 0 heterocycles. The van der Waals surface area contributed by atoms with Crippen LogP contribution < -0.4 is 9.47 Å². The maximum atomic E-state index is 12.8. The zero-order valence-electron chi connectivity index (χ0n) is 20.0. The molecule has 1 unspecified atom stereocenters. The quantitative estimate of drug-likeness (QED) is 0.169. The van der Waals surface area contributed by atoms with Crippen LogP contribution in [0, 0.1) is 0 Å². The van der Waals surface area contributed by atoms with Crippen molar-refractivity contribution in [3.63, 3.8) is 0 Å². The largest absolute Gasteiger partial charge is 0.426 e. The maximum Gasteiger partial charge on any atom is 0.332 e. The number of ether oxygens (including phenoxy) is 2. The first kappa shape index (κ1) is 28.5. The molecular weight excluding hydrogens is 480 g/mol. The molecule has 0 aromatic heterocycles. The second-order valence-electron chi connectivity index (χ2n) is 7.86. The van der Waals surface area contributed by atoms with Crippen LogP contribution in [-0.4, -0.2) is 30.2 Å². The van der Waals surface area contributed by atoms with Crippen LogP contribution in [0.1, 0.15) is 28.7 Å². The van der Waals surface area contributed by atoms with Gasteiger partial charge in [-0.1, -0.05) is 48.6 Å². The summed E-state index contributed by atoms with van der Waals surface area (Å²) in [6.07, 6.45) is 7.42. The van der Waals surface area contributed by atoms with Gasteiger partial charge in [0.05, 0.1) is 6.42 Å². The van der Waals surface area contributed by atoms with Gasteiger partial charge < -0.3 is 9.47 Å². The first-order chi connectivity index (χ1) is 17.2. The lowest BCUT2D eigenvalue weighted by Crippen LogP contribution is -2.36. The SMILES string of the molecule is C=CCc1cccc(OC(=O)CC(C(=O)Oc2cccc(CC=C)c2CC=C)S(=O)(=O)O)c1CC=C. The second-order valence-corrected chi connectivity index (χ2v) is 9.46. The Labute approximate surface area is 212 Å². The van der Waals surface area contributed by atoms with Crippen molar-refractivity contribution >= 4 is 22.1 Å². The zero-order valence-corrected chi connectivity index (χ0v) is 20.8. The van der Waals surface area contributed by atoms with Crippen molar-refractivity contribution in [1.29, 1.82) is 0 Å². The molecule has 8 heteroatoms. The normalized spacial score (nSPS) is 11.7. The maximum absolute atomic E-state index is 12.8. The highest BCUT2D eigenvalue weighted by Gasteiger charge is 2.36. The average Bonchev–Trinajstić information content (AvgIpc) is 2.81. The number of hydrogen-bond donors (Lipinski definition) is 1. The molecule has 0 amide bonds. The van der Waals surface area contributed by atoms with Crippen LogP contribution in [0.4, 0.5) is 0 Å². The van der Waals surface area contributed by atoms with Crippen molar-refractivity contribution in [2.45, 2.75) is 37.4 Å². The Morgan fingerprint density at radius 2 is 1.22 bits per heavy atom. The van der Waals surface area contributed by atoms with Gasteiger partial charge in [0.2, 0.25) is 0 Å². The fourth-order valence-corrected chi connectivity index (χ4v) is 4.30. The van der Waals surface area contributed by atoms with Gasteiger partial charge in [0, 0.05) is 11.1 Å². The molecule has 2 aromatic rings. The average molecular weight is 511 g/mol. The van der Waals surface area contributed by atoms with Crippen LogP contribution in [0.15, 0.2) is 87.0 Å². The fraction of sp³-hybridized carbons (Fsp3) is 0.214. The van der Waals surface area contributed by atoms with Crippen LogP contribution in [0.2, 0.25) is 0 Å². The minimum atomic E-state index is -5.00. The molecule has 2 rings (SSSR count). The highest BCUT2D eigenvalue weighted by atomic mass is 32.2. The van der Waals surface area contributed by atoms with Crippen molar-refractivity contribution < 1.29 is 32.0 Å². The minimum absolute atomic E-state index is 0.103. The van der Waals surface area contributed by atoms with E-state index in [1.54, 1.807) is 42.5 Å². The van der Waals surface area contributed by atoms with Crippen molar-refractivity contribution in [2.24, 2.45) is 0 Å². The number of carbonyl (C=O) groups excluding carboxylic acids is 2. The Kier molecular flexibility index (Phi) is 10.6. The second kappa shape index (κ2) is 13.4. The standard InChI is InChI=1S/C28H30O7S/c1-5-11-20-15-9-17-24(22(20)13-7-3)34-27(29)19-26(36(31,32)33)28(30)35-25-18-10-16-21(12-6-2)23(25)14-8-4/h5-10,15-18,26H,1-4,11-14,19H2,(H,31,32,33). The number of benzene rings is 2. The molecule has 7 nitrogen and oxygen atoms in total. The molecule has 0 saturated carbocycles. The van der Waals surface area contributed by atoms with Gasteiger partial charge in [-0.3, -0.25) is 14.1 Å². The Morgan fingerprint density at radius 3 is 1.64 bits per heavy atom. The van der Waals surface area contributed by atoms with E-state index in [9.17, 15) is 22.6 Å². The zero-order chi connectivity index (χ0) is 26.7. The van der Waals surface area contributed by atoms with Crippen LogP contribution in [0.3, 0.4) is 0 Å². The Balaban J connectivity index is 2.31. The van der Waals surface area contributed by atoms with E-state index in [0.717, 1.165) is 11.1 Å². The van der Waals surface area contributed by atoms with Crippen LogP contribution in [-0.2, 0) is 45.4 Å². The molecular formula is C28H30O7S. The Bertz CT molecular complexity index is 1260. The number of esters is 2. The number of rotatable bonds is 14. The molecule has 36 heavy (non-hydrogen) atoms. The van der Waals surface area contributed by atoms with Gasteiger partial charge in [-0.2, -0.15) is 8.42 Å². The highest BCUT2D eigenvalue weighted by Crippen LogP contribution is 2.27. The Hall–Kier alpha value is -3.75. The third kappa shape index (κ3) is 7.63. The van der Waals surface area contributed by atoms with E-state index in [-0.39, 0.29) is 11.5 Å². The summed E-state index contributed by atoms with van der Waals surface area (Å²) < 4.78 is 44.5. The summed E-state index contributed by atoms with van der Waals surface area (Å²) in [5, 5.41) is -2.18. The van der Waals surface area contributed by atoms with Crippen molar-refractivity contribution in [1.82, 2.24) is 0 Å². The first-order valence-corrected chi connectivity index (χ1v) is 12.7. The number of carbonyl (C=O) groups is 2. The van der Waals surface area contributed by atoms with Gasteiger partial charge >= 0.3 is 11.9 Å². The lowest BCUT2D eigenvalue weighted by molar-refractivity contribution is -0.140. The molecule has 0 aliphatic heterocycles. The van der Waals surface area contributed by atoms with Crippen LogP contribution in [0.25, 0.3) is 0 Å². The smallest absolute Gasteiger partial charge is 0.332 e. The first-order valence-electron chi connectivity index (χ1n) is 11.2. The lowest BCUT2D eigenvalue weighted by Gasteiger charge is -2.17. The number of hydrogen-bond acceptors (Lipinski definition) is 6. The summed E-state index contributed by atoms with van der Waals surface area (Å²) in [7, 11) is -5.00. The van der Waals surface area contributed by atoms with Gasteiger partial charge in [0.15, 0.2) is 5.25 Å². The third-order valence-corrected chi connectivity index (χ3v) is 6.37. The van der Waals surface area contributed by atoms with Gasteiger partial charge in [0.1, 0.15) is 11.5 Å². The molecule has 0 aliphatic carbocycles. The molecule has 0 aliphatic rings. The van der Waals surface area contributed by atoms with E-state index in [1.165, 1.54) is 6.07 Å². The third-order valence-electron chi connectivity index (χ3n) is 5.29. The van der Waals surface area contributed by atoms with Crippen molar-refractivity contribution in [2.75, 3.05) is 0 Å². The molecule has 0 fully saturated rings. The molecule has 1 N–H and O–H groups in total. The van der Waals surface area contributed by atoms with E-state index in [4.69, 9.17) is 9.47 Å². The summed E-state index contributed by atoms with van der Waals surface area (Å²) >= 11 is 0. The molecule has 1 atom stereocenters. The molecule has 0 bridgehead atoms. The molecule has 2 aromatic carbocycles. The summed E-state index contributed by atoms with van der Waals surface area (Å²) in [4.78, 5) is 25.5. The van der Waals surface area contributed by atoms with Crippen LogP contribution in [0.5, 0.6) is 11.5 Å². The van der Waals surface area contributed by atoms with Crippen molar-refractivity contribution in [3.8, 4) is 11.5 Å². The van der Waals surface area contributed by atoms with Crippen molar-refractivity contribution in [3.05, 3.63) is 109 Å². The molecule has 0 spiro atoms. The van der Waals surface area contributed by atoms with Gasteiger partial charge in [-0.25, -0.2) is 0 Å². The van der Waals surface area contributed by atoms with E-state index in [1.807, 2.05) is 12.1 Å². The van der Waals surface area contributed by atoms with Gasteiger partial charge in [0.25, 0.3) is 10.1 Å². The predicted molar refractivity (Wildman–Crippen MR) is 140 cm³/mol. The monoisotopic (exact) mass is 510 g/mol. The lowest BCUT2D eigenvalue weighted by atomic mass is 10.0. The van der Waals surface area contributed by atoms with Gasteiger partial charge in [-0.15, -0.1) is 26.3 Å². The van der Waals surface area contributed by atoms with E-state index >= 15 is 0 Å². The predicted octanol–water partition coefficient (Wildman–Crippen LogP) is 4.76. The van der Waals surface area contributed by atoms with E-state index in [2.05, 4.69) is 26.3 Å².